The fourth-order valence-corrected chi connectivity index (χ4v) is 9.86. The lowest BCUT2D eigenvalue weighted by Crippen LogP contribution is -2.15. The zero-order chi connectivity index (χ0) is 41.6. The molecule has 294 valence electrons. The van der Waals surface area contributed by atoms with E-state index in [0.717, 1.165) is 17.1 Å². The van der Waals surface area contributed by atoms with Gasteiger partial charge in [0.15, 0.2) is 0 Å². The SMILES string of the molecule is CC1(C)c2ccccc2-c2ccc(-c3cccc(N(c4cccc(-c5cccc6ccccc56)c4)c4cccc(-c5ccccc5)c4-c4ccccc4-c4ccccc4)c3)cc21. The van der Waals surface area contributed by atoms with Crippen molar-refractivity contribution in [2.45, 2.75) is 19.3 Å². The summed E-state index contributed by atoms with van der Waals surface area (Å²) in [5.41, 5.74) is 20.5. The molecule has 10 aromatic rings. The lowest BCUT2D eigenvalue weighted by atomic mass is 9.81. The van der Waals surface area contributed by atoms with Gasteiger partial charge in [0.1, 0.15) is 0 Å². The van der Waals surface area contributed by atoms with Gasteiger partial charge in [-0.15, -0.1) is 0 Å². The van der Waals surface area contributed by atoms with Gasteiger partial charge in [0, 0.05) is 22.4 Å². The van der Waals surface area contributed by atoms with Gasteiger partial charge in [0.2, 0.25) is 0 Å². The first-order chi connectivity index (χ1) is 30.5. The molecule has 0 saturated heterocycles. The highest BCUT2D eigenvalue weighted by atomic mass is 15.1. The van der Waals surface area contributed by atoms with Crippen molar-refractivity contribution in [3.8, 4) is 66.8 Å². The molecule has 11 rings (SSSR count). The number of hydrogen-bond donors (Lipinski definition) is 0. The minimum Gasteiger partial charge on any atom is -0.310 e. The topological polar surface area (TPSA) is 3.24 Å². The second-order valence-electron chi connectivity index (χ2n) is 16.9. The molecule has 0 spiro atoms. The molecule has 1 heteroatoms. The lowest BCUT2D eigenvalue weighted by molar-refractivity contribution is 0.660. The highest BCUT2D eigenvalue weighted by Crippen LogP contribution is 2.51. The number of fused-ring (bicyclic) bond motifs is 4. The Bertz CT molecular complexity index is 3260. The van der Waals surface area contributed by atoms with Crippen molar-refractivity contribution in [2.24, 2.45) is 0 Å². The van der Waals surface area contributed by atoms with Crippen LogP contribution < -0.4 is 4.90 Å². The van der Waals surface area contributed by atoms with Gasteiger partial charge < -0.3 is 4.90 Å². The van der Waals surface area contributed by atoms with E-state index in [0.29, 0.717) is 0 Å². The van der Waals surface area contributed by atoms with Gasteiger partial charge in [-0.3, -0.25) is 0 Å². The molecule has 0 fully saturated rings. The van der Waals surface area contributed by atoms with Gasteiger partial charge in [0.25, 0.3) is 0 Å². The molecule has 0 radical (unpaired) electrons. The third-order valence-corrected chi connectivity index (χ3v) is 12.9. The highest BCUT2D eigenvalue weighted by Gasteiger charge is 2.35. The van der Waals surface area contributed by atoms with Crippen molar-refractivity contribution in [2.75, 3.05) is 4.90 Å². The Labute approximate surface area is 364 Å². The van der Waals surface area contributed by atoms with Gasteiger partial charge in [0.05, 0.1) is 5.69 Å². The van der Waals surface area contributed by atoms with Crippen LogP contribution in [0.1, 0.15) is 25.0 Å². The molecule has 0 atom stereocenters. The Kier molecular flexibility index (Phi) is 9.24. The molecule has 1 aliphatic carbocycles. The number of nitrogens with zero attached hydrogens (tertiary/aromatic N) is 1. The molecule has 0 aromatic heterocycles. The highest BCUT2D eigenvalue weighted by molar-refractivity contribution is 6.02. The van der Waals surface area contributed by atoms with E-state index < -0.39 is 0 Å². The average molecular weight is 792 g/mol. The minimum absolute atomic E-state index is 0.0907. The first kappa shape index (κ1) is 37.3. The van der Waals surface area contributed by atoms with Crippen molar-refractivity contribution in [3.05, 3.63) is 248 Å². The Balaban J connectivity index is 1.16. The zero-order valence-corrected chi connectivity index (χ0v) is 35.0. The second kappa shape index (κ2) is 15.4. The van der Waals surface area contributed by atoms with E-state index in [1.54, 1.807) is 0 Å². The van der Waals surface area contributed by atoms with Crippen molar-refractivity contribution in [3.63, 3.8) is 0 Å². The van der Waals surface area contributed by atoms with Crippen LogP contribution in [0.15, 0.2) is 237 Å². The van der Waals surface area contributed by atoms with Crippen LogP contribution in [0.3, 0.4) is 0 Å². The van der Waals surface area contributed by atoms with E-state index >= 15 is 0 Å². The van der Waals surface area contributed by atoms with Gasteiger partial charge in [-0.1, -0.05) is 214 Å². The Morgan fingerprint density at radius 3 is 1.58 bits per heavy atom. The minimum atomic E-state index is -0.0907. The van der Waals surface area contributed by atoms with Gasteiger partial charge in [-0.05, 0) is 119 Å². The van der Waals surface area contributed by atoms with Crippen LogP contribution >= 0.6 is 0 Å². The summed E-state index contributed by atoms with van der Waals surface area (Å²) in [7, 11) is 0. The van der Waals surface area contributed by atoms with Crippen molar-refractivity contribution in [1.29, 1.82) is 0 Å². The van der Waals surface area contributed by atoms with Crippen LogP contribution in [0.5, 0.6) is 0 Å². The molecule has 0 amide bonds. The predicted octanol–water partition coefficient (Wildman–Crippen LogP) is 17.0. The second-order valence-corrected chi connectivity index (χ2v) is 16.9. The van der Waals surface area contributed by atoms with Crippen molar-refractivity contribution in [1.82, 2.24) is 0 Å². The standard InChI is InChI=1S/C61H45N/c1-61(2)57-35-14-13-31-54(57)55-38-37-46(41-58(55)61)45-25-15-27-48(39-45)62(49-28-16-26-47(40-49)52-33-17-24-43-23-9-10-29-50(43)52)59-36-18-34-53(44-21-7-4-8-22-44)60(59)56-32-12-11-30-51(56)42-19-5-3-6-20-42/h3-41H,1-2H3. The van der Waals surface area contributed by atoms with E-state index in [4.69, 9.17) is 0 Å². The molecule has 10 aromatic carbocycles. The maximum Gasteiger partial charge on any atom is 0.0546 e. The lowest BCUT2D eigenvalue weighted by Gasteiger charge is -2.30. The fourth-order valence-electron chi connectivity index (χ4n) is 9.86. The average Bonchev–Trinajstić information content (AvgIpc) is 3.57. The normalized spacial score (nSPS) is 12.5. The first-order valence-electron chi connectivity index (χ1n) is 21.6. The van der Waals surface area contributed by atoms with Crippen LogP contribution in [0.2, 0.25) is 0 Å². The van der Waals surface area contributed by atoms with Crippen LogP contribution in [0, 0.1) is 0 Å². The molecular weight excluding hydrogens is 747 g/mol. The summed E-state index contributed by atoms with van der Waals surface area (Å²) in [4.78, 5) is 2.48. The zero-order valence-electron chi connectivity index (χ0n) is 35.0. The summed E-state index contributed by atoms with van der Waals surface area (Å²) in [6.07, 6.45) is 0. The molecule has 0 heterocycles. The van der Waals surface area contributed by atoms with E-state index in [-0.39, 0.29) is 5.41 Å². The molecule has 1 nitrogen and oxygen atoms in total. The summed E-state index contributed by atoms with van der Waals surface area (Å²) in [6, 6.07) is 86.8. The number of benzene rings is 10. The number of rotatable bonds is 8. The summed E-state index contributed by atoms with van der Waals surface area (Å²) < 4.78 is 0. The third-order valence-electron chi connectivity index (χ3n) is 12.9. The van der Waals surface area contributed by atoms with E-state index in [1.165, 1.54) is 88.7 Å². The molecular formula is C61H45N. The smallest absolute Gasteiger partial charge is 0.0546 e. The van der Waals surface area contributed by atoms with Crippen LogP contribution in [-0.2, 0) is 5.41 Å². The van der Waals surface area contributed by atoms with E-state index in [9.17, 15) is 0 Å². The van der Waals surface area contributed by atoms with Gasteiger partial charge >= 0.3 is 0 Å². The maximum absolute atomic E-state index is 2.48. The molecule has 0 unspecified atom stereocenters. The van der Waals surface area contributed by atoms with Crippen LogP contribution in [0.25, 0.3) is 77.5 Å². The third kappa shape index (κ3) is 6.42. The maximum atomic E-state index is 2.48. The monoisotopic (exact) mass is 791 g/mol. The summed E-state index contributed by atoms with van der Waals surface area (Å²) >= 11 is 0. The summed E-state index contributed by atoms with van der Waals surface area (Å²) in [5.74, 6) is 0. The predicted molar refractivity (Wildman–Crippen MR) is 263 cm³/mol. The summed E-state index contributed by atoms with van der Waals surface area (Å²) in [6.45, 7) is 4.72. The molecule has 0 saturated carbocycles. The largest absolute Gasteiger partial charge is 0.310 e. The van der Waals surface area contributed by atoms with Crippen LogP contribution in [-0.4, -0.2) is 0 Å². The Morgan fingerprint density at radius 2 is 0.806 bits per heavy atom. The van der Waals surface area contributed by atoms with Gasteiger partial charge in [-0.2, -0.15) is 0 Å². The fraction of sp³-hybridized carbons (Fsp3) is 0.0492. The van der Waals surface area contributed by atoms with Crippen molar-refractivity contribution >= 4 is 27.8 Å². The van der Waals surface area contributed by atoms with E-state index in [1.807, 2.05) is 0 Å². The van der Waals surface area contributed by atoms with E-state index in [2.05, 4.69) is 255 Å². The Hall–Kier alpha value is -7.74. The molecule has 62 heavy (non-hydrogen) atoms. The van der Waals surface area contributed by atoms with Crippen molar-refractivity contribution < 1.29 is 0 Å². The molecule has 1 aliphatic rings. The molecule has 0 N–H and O–H groups in total. The number of hydrogen-bond acceptors (Lipinski definition) is 1. The quantitative estimate of drug-likeness (QED) is 0.148. The number of anilines is 3. The first-order valence-corrected chi connectivity index (χ1v) is 21.6. The van der Waals surface area contributed by atoms with Crippen LogP contribution in [0.4, 0.5) is 17.1 Å². The molecule has 0 aliphatic heterocycles. The summed E-state index contributed by atoms with van der Waals surface area (Å²) in [5, 5.41) is 2.47. The molecule has 0 bridgehead atoms. The Morgan fingerprint density at radius 1 is 0.306 bits per heavy atom. The van der Waals surface area contributed by atoms with Gasteiger partial charge in [-0.25, -0.2) is 0 Å².